The van der Waals surface area contributed by atoms with Gasteiger partial charge in [-0.05, 0) is 18.4 Å². The van der Waals surface area contributed by atoms with Gasteiger partial charge in [-0.15, -0.1) is 11.3 Å². The first-order valence-corrected chi connectivity index (χ1v) is 7.51. The van der Waals surface area contributed by atoms with E-state index in [4.69, 9.17) is 0 Å². The summed E-state index contributed by atoms with van der Waals surface area (Å²) in [6, 6.07) is 3.91. The molecule has 5 nitrogen and oxygen atoms in total. The number of carbonyl (C=O) groups is 1. The van der Waals surface area contributed by atoms with Gasteiger partial charge in [0.2, 0.25) is 10.9 Å². The van der Waals surface area contributed by atoms with Gasteiger partial charge in [0.25, 0.3) is 0 Å². The molecule has 3 aromatic rings. The molecule has 0 atom stereocenters. The number of rotatable bonds is 4. The molecule has 0 radical (unpaired) electrons. The van der Waals surface area contributed by atoms with Crippen LogP contribution in [0.25, 0.3) is 4.96 Å². The average molecular weight is 292 g/mol. The highest BCUT2D eigenvalue weighted by molar-refractivity contribution is 7.16. The maximum absolute atomic E-state index is 11.7. The van der Waals surface area contributed by atoms with Gasteiger partial charge >= 0.3 is 0 Å². The molecule has 3 rings (SSSR count). The number of nitrogens with zero attached hydrogens (tertiary/aromatic N) is 3. The predicted octanol–water partition coefficient (Wildman–Crippen LogP) is 2.02. The number of fused-ring (bicyclic) bond motifs is 1. The van der Waals surface area contributed by atoms with Crippen molar-refractivity contribution in [2.75, 3.05) is 0 Å². The van der Waals surface area contributed by atoms with E-state index in [-0.39, 0.29) is 5.91 Å². The van der Waals surface area contributed by atoms with Crippen molar-refractivity contribution in [1.82, 2.24) is 19.9 Å². The molecule has 0 aromatic carbocycles. The zero-order chi connectivity index (χ0) is 13.2. The van der Waals surface area contributed by atoms with Gasteiger partial charge < -0.3 is 5.32 Å². The topological polar surface area (TPSA) is 59.3 Å². The summed E-state index contributed by atoms with van der Waals surface area (Å²) in [5, 5.41) is 10.1. The SMILES string of the molecule is Cc1cn2nc(CNC(=O)Cc3cccs3)sc2n1. The van der Waals surface area contributed by atoms with Crippen LogP contribution in [-0.4, -0.2) is 20.5 Å². The number of hydrogen-bond donors (Lipinski definition) is 1. The smallest absolute Gasteiger partial charge is 0.225 e. The van der Waals surface area contributed by atoms with E-state index in [1.54, 1.807) is 15.9 Å². The fourth-order valence-electron chi connectivity index (χ4n) is 1.73. The molecule has 0 spiro atoms. The Morgan fingerprint density at radius 1 is 1.53 bits per heavy atom. The van der Waals surface area contributed by atoms with Crippen molar-refractivity contribution in [3.63, 3.8) is 0 Å². The van der Waals surface area contributed by atoms with E-state index < -0.39 is 0 Å². The normalized spacial score (nSPS) is 11.0. The Bertz CT molecular complexity index is 667. The van der Waals surface area contributed by atoms with Crippen LogP contribution in [0.15, 0.2) is 23.7 Å². The fourth-order valence-corrected chi connectivity index (χ4v) is 3.29. The van der Waals surface area contributed by atoms with Crippen LogP contribution in [0.5, 0.6) is 0 Å². The second-order valence-electron chi connectivity index (χ2n) is 4.14. The Kier molecular flexibility index (Phi) is 3.31. The number of carbonyl (C=O) groups excluding carboxylic acids is 1. The molecule has 3 heterocycles. The maximum atomic E-state index is 11.7. The van der Waals surface area contributed by atoms with E-state index in [0.717, 1.165) is 20.5 Å². The molecule has 0 bridgehead atoms. The first-order valence-electron chi connectivity index (χ1n) is 5.81. The summed E-state index contributed by atoms with van der Waals surface area (Å²) >= 11 is 3.09. The highest BCUT2D eigenvalue weighted by atomic mass is 32.1. The number of amides is 1. The summed E-state index contributed by atoms with van der Waals surface area (Å²) in [5.41, 5.74) is 0.951. The standard InChI is InChI=1S/C12H12N4OS2/c1-8-7-16-12(14-8)19-11(15-16)6-13-10(17)5-9-3-2-4-18-9/h2-4,7H,5-6H2,1H3,(H,13,17). The molecule has 0 aliphatic rings. The lowest BCUT2D eigenvalue weighted by Gasteiger charge is -2.00. The van der Waals surface area contributed by atoms with E-state index in [1.807, 2.05) is 30.6 Å². The van der Waals surface area contributed by atoms with Crippen molar-refractivity contribution in [3.05, 3.63) is 39.3 Å². The predicted molar refractivity (Wildman–Crippen MR) is 75.5 cm³/mol. The number of nitrogens with one attached hydrogen (secondary N) is 1. The minimum Gasteiger partial charge on any atom is -0.349 e. The first-order chi connectivity index (χ1) is 9.20. The molecule has 0 aliphatic heterocycles. The average Bonchev–Trinajstić information content (AvgIpc) is 3.02. The van der Waals surface area contributed by atoms with E-state index in [2.05, 4.69) is 15.4 Å². The Morgan fingerprint density at radius 2 is 2.42 bits per heavy atom. The highest BCUT2D eigenvalue weighted by Gasteiger charge is 2.08. The molecular formula is C12H12N4OS2. The van der Waals surface area contributed by atoms with Gasteiger partial charge in [-0.25, -0.2) is 9.50 Å². The lowest BCUT2D eigenvalue weighted by atomic mass is 10.3. The quantitative estimate of drug-likeness (QED) is 0.800. The summed E-state index contributed by atoms with van der Waals surface area (Å²) in [6.07, 6.45) is 2.31. The van der Waals surface area contributed by atoms with E-state index >= 15 is 0 Å². The Hall–Kier alpha value is -1.73. The lowest BCUT2D eigenvalue weighted by Crippen LogP contribution is -2.24. The van der Waals surface area contributed by atoms with Crippen molar-refractivity contribution in [1.29, 1.82) is 0 Å². The van der Waals surface area contributed by atoms with Gasteiger partial charge in [0.1, 0.15) is 5.01 Å². The zero-order valence-corrected chi connectivity index (χ0v) is 11.9. The number of hydrogen-bond acceptors (Lipinski definition) is 5. The Balaban J connectivity index is 1.59. The van der Waals surface area contributed by atoms with Crippen LogP contribution < -0.4 is 5.32 Å². The second-order valence-corrected chi connectivity index (χ2v) is 6.21. The molecule has 19 heavy (non-hydrogen) atoms. The minimum atomic E-state index is 0.0199. The maximum Gasteiger partial charge on any atom is 0.225 e. The van der Waals surface area contributed by atoms with Crippen LogP contribution >= 0.6 is 22.7 Å². The van der Waals surface area contributed by atoms with Crippen molar-refractivity contribution in [3.8, 4) is 0 Å². The van der Waals surface area contributed by atoms with Crippen molar-refractivity contribution in [2.24, 2.45) is 0 Å². The molecule has 1 N–H and O–H groups in total. The van der Waals surface area contributed by atoms with Crippen LogP contribution in [0, 0.1) is 6.92 Å². The fraction of sp³-hybridized carbons (Fsp3) is 0.250. The molecule has 1 amide bonds. The molecule has 3 aromatic heterocycles. The third-order valence-corrected chi connectivity index (χ3v) is 4.36. The third-order valence-electron chi connectivity index (χ3n) is 2.56. The molecular weight excluding hydrogens is 280 g/mol. The van der Waals surface area contributed by atoms with Crippen molar-refractivity contribution < 1.29 is 4.79 Å². The molecule has 98 valence electrons. The molecule has 0 unspecified atom stereocenters. The van der Waals surface area contributed by atoms with Gasteiger partial charge in [0, 0.05) is 4.88 Å². The summed E-state index contributed by atoms with van der Waals surface area (Å²) in [7, 11) is 0. The summed E-state index contributed by atoms with van der Waals surface area (Å²) in [6.45, 7) is 2.39. The molecule has 0 aliphatic carbocycles. The third kappa shape index (κ3) is 2.82. The van der Waals surface area contributed by atoms with Crippen molar-refractivity contribution >= 4 is 33.5 Å². The van der Waals surface area contributed by atoms with Gasteiger partial charge in [-0.2, -0.15) is 5.10 Å². The largest absolute Gasteiger partial charge is 0.349 e. The van der Waals surface area contributed by atoms with Crippen LogP contribution in [0.2, 0.25) is 0 Å². The van der Waals surface area contributed by atoms with Gasteiger partial charge in [0.15, 0.2) is 0 Å². The van der Waals surface area contributed by atoms with Crippen LogP contribution in [-0.2, 0) is 17.8 Å². The van der Waals surface area contributed by atoms with Crippen LogP contribution in [0.1, 0.15) is 15.6 Å². The van der Waals surface area contributed by atoms with E-state index in [0.29, 0.717) is 13.0 Å². The van der Waals surface area contributed by atoms with Crippen LogP contribution in [0.4, 0.5) is 0 Å². The monoisotopic (exact) mass is 292 g/mol. The number of thiophene rings is 1. The number of aryl methyl sites for hydroxylation is 1. The second kappa shape index (κ2) is 5.10. The highest BCUT2D eigenvalue weighted by Crippen LogP contribution is 2.14. The van der Waals surface area contributed by atoms with Gasteiger partial charge in [0.05, 0.1) is 24.9 Å². The molecule has 0 saturated carbocycles. The van der Waals surface area contributed by atoms with Crippen LogP contribution in [0.3, 0.4) is 0 Å². The lowest BCUT2D eigenvalue weighted by molar-refractivity contribution is -0.120. The van der Waals surface area contributed by atoms with Crippen molar-refractivity contribution in [2.45, 2.75) is 19.9 Å². The zero-order valence-electron chi connectivity index (χ0n) is 10.3. The van der Waals surface area contributed by atoms with E-state index in [9.17, 15) is 4.79 Å². The Morgan fingerprint density at radius 3 is 3.16 bits per heavy atom. The first kappa shape index (κ1) is 12.3. The number of aromatic nitrogens is 3. The van der Waals surface area contributed by atoms with E-state index in [1.165, 1.54) is 11.3 Å². The molecule has 0 saturated heterocycles. The summed E-state index contributed by atoms with van der Waals surface area (Å²) in [4.78, 5) is 18.0. The van der Waals surface area contributed by atoms with Gasteiger partial charge in [-0.1, -0.05) is 17.4 Å². The minimum absolute atomic E-state index is 0.0199. The molecule has 7 heteroatoms. The molecule has 0 fully saturated rings. The Labute approximate surface area is 117 Å². The van der Waals surface area contributed by atoms with Gasteiger partial charge in [-0.3, -0.25) is 4.79 Å². The number of imidazole rings is 1. The summed E-state index contributed by atoms with van der Waals surface area (Å²) in [5.74, 6) is 0.0199. The summed E-state index contributed by atoms with van der Waals surface area (Å²) < 4.78 is 1.75.